The topological polar surface area (TPSA) is 55.2 Å². The molecule has 6 heteroatoms. The molecule has 1 aliphatic carbocycles. The van der Waals surface area contributed by atoms with Crippen LogP contribution in [0.25, 0.3) is 0 Å². The summed E-state index contributed by atoms with van der Waals surface area (Å²) in [7, 11) is 0. The first kappa shape index (κ1) is 15.8. The molecule has 1 N–H and O–H groups in total. The molecule has 0 bridgehead atoms. The van der Waals surface area contributed by atoms with Crippen LogP contribution in [-0.2, 0) is 6.54 Å². The lowest BCUT2D eigenvalue weighted by atomic mass is 9.83. The normalized spacial score (nSPS) is 22.2. The van der Waals surface area contributed by atoms with E-state index in [1.54, 1.807) is 0 Å². The minimum absolute atomic E-state index is 0.132. The minimum atomic E-state index is -1.14. The summed E-state index contributed by atoms with van der Waals surface area (Å²) in [5.74, 6) is -0.538. The van der Waals surface area contributed by atoms with E-state index >= 15 is 0 Å². The number of nitro groups is 1. The Morgan fingerprint density at radius 2 is 1.90 bits per heavy atom. The van der Waals surface area contributed by atoms with Gasteiger partial charge in [-0.2, -0.15) is 4.39 Å². The van der Waals surface area contributed by atoms with Crippen molar-refractivity contribution in [1.29, 1.82) is 0 Å². The Kier molecular flexibility index (Phi) is 5.22. The molecule has 0 amide bonds. The second-order valence-electron chi connectivity index (χ2n) is 5.91. The van der Waals surface area contributed by atoms with Gasteiger partial charge in [0.2, 0.25) is 5.82 Å². The minimum Gasteiger partial charge on any atom is -0.312 e. The van der Waals surface area contributed by atoms with Crippen molar-refractivity contribution in [2.24, 2.45) is 11.8 Å². The van der Waals surface area contributed by atoms with Crippen molar-refractivity contribution in [2.75, 3.05) is 6.54 Å². The van der Waals surface area contributed by atoms with Gasteiger partial charge in [0, 0.05) is 24.2 Å². The molecule has 0 unspecified atom stereocenters. The SMILES string of the molecule is CC1CCC(CNCc2cc([N+](=O)[O-])c(F)cc2F)CC1. The zero-order chi connectivity index (χ0) is 15.4. The molecule has 0 heterocycles. The van der Waals surface area contributed by atoms with Gasteiger partial charge in [0.25, 0.3) is 0 Å². The number of halogens is 2. The maximum atomic E-state index is 13.6. The van der Waals surface area contributed by atoms with E-state index in [0.717, 1.165) is 31.4 Å². The van der Waals surface area contributed by atoms with Crippen molar-refractivity contribution in [3.63, 3.8) is 0 Å². The van der Waals surface area contributed by atoms with Gasteiger partial charge in [-0.05, 0) is 31.2 Å². The summed E-state index contributed by atoms with van der Waals surface area (Å²) < 4.78 is 26.8. The molecule has 0 spiro atoms. The molecular weight excluding hydrogens is 278 g/mol. The van der Waals surface area contributed by atoms with E-state index in [9.17, 15) is 18.9 Å². The smallest absolute Gasteiger partial charge is 0.305 e. The van der Waals surface area contributed by atoms with Crippen LogP contribution in [0.2, 0.25) is 0 Å². The fraction of sp³-hybridized carbons (Fsp3) is 0.600. The van der Waals surface area contributed by atoms with Gasteiger partial charge in [-0.3, -0.25) is 10.1 Å². The molecule has 1 fully saturated rings. The lowest BCUT2D eigenvalue weighted by molar-refractivity contribution is -0.387. The van der Waals surface area contributed by atoms with Crippen LogP contribution in [0, 0.1) is 33.6 Å². The van der Waals surface area contributed by atoms with Crippen LogP contribution in [-0.4, -0.2) is 11.5 Å². The summed E-state index contributed by atoms with van der Waals surface area (Å²) in [5, 5.41) is 13.8. The number of hydrogen-bond donors (Lipinski definition) is 1. The third-order valence-electron chi connectivity index (χ3n) is 4.20. The second-order valence-corrected chi connectivity index (χ2v) is 5.91. The maximum absolute atomic E-state index is 13.6. The van der Waals surface area contributed by atoms with Crippen LogP contribution in [0.4, 0.5) is 14.5 Å². The van der Waals surface area contributed by atoms with E-state index in [1.807, 2.05) is 0 Å². The van der Waals surface area contributed by atoms with Gasteiger partial charge in [0.05, 0.1) is 4.92 Å². The first-order valence-electron chi connectivity index (χ1n) is 7.30. The Hall–Kier alpha value is -1.56. The lowest BCUT2D eigenvalue weighted by Gasteiger charge is -2.26. The standard InChI is InChI=1S/C15H20F2N2O2/c1-10-2-4-11(5-3-10)8-18-9-12-6-15(19(20)21)14(17)7-13(12)16/h6-7,10-11,18H,2-5,8-9H2,1H3. The van der Waals surface area contributed by atoms with E-state index in [2.05, 4.69) is 12.2 Å². The summed E-state index contributed by atoms with van der Waals surface area (Å²) in [6.45, 7) is 3.19. The molecule has 0 saturated heterocycles. The van der Waals surface area contributed by atoms with Crippen LogP contribution in [0.15, 0.2) is 12.1 Å². The highest BCUT2D eigenvalue weighted by Crippen LogP contribution is 2.28. The molecule has 1 aliphatic rings. The van der Waals surface area contributed by atoms with Crippen molar-refractivity contribution in [1.82, 2.24) is 5.32 Å². The number of nitrogens with one attached hydrogen (secondary N) is 1. The van der Waals surface area contributed by atoms with Crippen LogP contribution in [0.1, 0.15) is 38.2 Å². The van der Waals surface area contributed by atoms with Crippen molar-refractivity contribution < 1.29 is 13.7 Å². The Labute approximate surface area is 122 Å². The van der Waals surface area contributed by atoms with Crippen LogP contribution in [0.5, 0.6) is 0 Å². The Bertz CT molecular complexity index is 515. The number of rotatable bonds is 5. The molecule has 0 aromatic heterocycles. The Morgan fingerprint density at radius 3 is 2.52 bits per heavy atom. The van der Waals surface area contributed by atoms with E-state index in [-0.39, 0.29) is 12.1 Å². The molecule has 4 nitrogen and oxygen atoms in total. The van der Waals surface area contributed by atoms with Crippen molar-refractivity contribution in [3.8, 4) is 0 Å². The van der Waals surface area contributed by atoms with E-state index in [1.165, 1.54) is 12.8 Å². The molecule has 1 saturated carbocycles. The molecular formula is C15H20F2N2O2. The van der Waals surface area contributed by atoms with Gasteiger partial charge < -0.3 is 5.32 Å². The summed E-state index contributed by atoms with van der Waals surface area (Å²) in [4.78, 5) is 9.83. The largest absolute Gasteiger partial charge is 0.312 e. The van der Waals surface area contributed by atoms with Crippen LogP contribution in [0.3, 0.4) is 0 Å². The summed E-state index contributed by atoms with van der Waals surface area (Å²) >= 11 is 0. The first-order chi connectivity index (χ1) is 9.97. The van der Waals surface area contributed by atoms with Crippen LogP contribution >= 0.6 is 0 Å². The molecule has 0 atom stereocenters. The summed E-state index contributed by atoms with van der Waals surface area (Å²) in [5.41, 5.74) is -0.549. The highest BCUT2D eigenvalue weighted by atomic mass is 19.1. The monoisotopic (exact) mass is 298 g/mol. The van der Waals surface area contributed by atoms with Crippen molar-refractivity contribution in [3.05, 3.63) is 39.4 Å². The fourth-order valence-corrected chi connectivity index (χ4v) is 2.80. The number of nitrogens with zero attached hydrogens (tertiary/aromatic N) is 1. The predicted molar refractivity (Wildman–Crippen MR) is 75.8 cm³/mol. The molecule has 2 rings (SSSR count). The molecule has 116 valence electrons. The van der Waals surface area contributed by atoms with Gasteiger partial charge in [-0.1, -0.05) is 19.8 Å². The Balaban J connectivity index is 1.91. The molecule has 1 aromatic rings. The maximum Gasteiger partial charge on any atom is 0.305 e. The second kappa shape index (κ2) is 6.93. The van der Waals surface area contributed by atoms with E-state index < -0.39 is 22.2 Å². The molecule has 0 radical (unpaired) electrons. The van der Waals surface area contributed by atoms with Gasteiger partial charge in [-0.25, -0.2) is 4.39 Å². The van der Waals surface area contributed by atoms with E-state index in [0.29, 0.717) is 12.0 Å². The van der Waals surface area contributed by atoms with Crippen molar-refractivity contribution >= 4 is 5.69 Å². The van der Waals surface area contributed by atoms with Gasteiger partial charge in [0.1, 0.15) is 5.82 Å². The highest BCUT2D eigenvalue weighted by Gasteiger charge is 2.20. The quantitative estimate of drug-likeness (QED) is 0.664. The number of nitro benzene ring substituents is 1. The number of benzene rings is 1. The predicted octanol–water partition coefficient (Wildman–Crippen LogP) is 3.79. The average molecular weight is 298 g/mol. The summed E-state index contributed by atoms with van der Waals surface area (Å²) in [6, 6.07) is 1.55. The van der Waals surface area contributed by atoms with E-state index in [4.69, 9.17) is 0 Å². The van der Waals surface area contributed by atoms with Gasteiger partial charge in [-0.15, -0.1) is 0 Å². The van der Waals surface area contributed by atoms with Gasteiger partial charge in [0.15, 0.2) is 0 Å². The molecule has 21 heavy (non-hydrogen) atoms. The van der Waals surface area contributed by atoms with Crippen LogP contribution < -0.4 is 5.32 Å². The van der Waals surface area contributed by atoms with Gasteiger partial charge >= 0.3 is 5.69 Å². The lowest BCUT2D eigenvalue weighted by Crippen LogP contribution is -2.26. The molecule has 1 aromatic carbocycles. The zero-order valence-electron chi connectivity index (χ0n) is 12.1. The number of hydrogen-bond acceptors (Lipinski definition) is 3. The zero-order valence-corrected chi connectivity index (χ0v) is 12.1. The third kappa shape index (κ3) is 4.20. The fourth-order valence-electron chi connectivity index (χ4n) is 2.80. The molecule has 0 aliphatic heterocycles. The first-order valence-corrected chi connectivity index (χ1v) is 7.30. The average Bonchev–Trinajstić information content (AvgIpc) is 2.43. The highest BCUT2D eigenvalue weighted by molar-refractivity contribution is 5.37. The third-order valence-corrected chi connectivity index (χ3v) is 4.20. The van der Waals surface area contributed by atoms with Crippen molar-refractivity contribution in [2.45, 2.75) is 39.2 Å². The summed E-state index contributed by atoms with van der Waals surface area (Å²) in [6.07, 6.45) is 4.73. The Morgan fingerprint density at radius 1 is 1.24 bits per heavy atom.